The summed E-state index contributed by atoms with van der Waals surface area (Å²) in [6, 6.07) is 26.8. The van der Waals surface area contributed by atoms with Crippen LogP contribution < -0.4 is 41.4 Å². The Morgan fingerprint density at radius 2 is 1.09 bits per heavy atom. The van der Waals surface area contributed by atoms with Crippen molar-refractivity contribution in [2.75, 3.05) is 68.2 Å². The summed E-state index contributed by atoms with van der Waals surface area (Å²) in [7, 11) is 3.21. The van der Waals surface area contributed by atoms with E-state index in [-0.39, 0.29) is 36.0 Å². The number of hydrogen-bond acceptors (Lipinski definition) is 14. The molecule has 0 bridgehead atoms. The number of benzene rings is 4. The first-order valence-corrected chi connectivity index (χ1v) is 31.8. The molecular formula is C66H88N10O8S2. The van der Waals surface area contributed by atoms with Crippen molar-refractivity contribution >= 4 is 73.8 Å². The van der Waals surface area contributed by atoms with Crippen LogP contribution in [0.4, 0.5) is 31.2 Å². The summed E-state index contributed by atoms with van der Waals surface area (Å²) < 4.78 is 22.9. The van der Waals surface area contributed by atoms with Crippen molar-refractivity contribution in [3.63, 3.8) is 0 Å². The van der Waals surface area contributed by atoms with E-state index in [1.54, 1.807) is 50.9 Å². The number of nitrogens with zero attached hydrogens (tertiary/aromatic N) is 4. The number of amides is 6. The van der Waals surface area contributed by atoms with Crippen LogP contribution in [0.25, 0.3) is 5.57 Å². The first kappa shape index (κ1) is 66.3. The van der Waals surface area contributed by atoms with Gasteiger partial charge in [-0.3, -0.25) is 25.1 Å². The maximum Gasteiger partial charge on any atom is 0.319 e. The molecule has 4 heterocycles. The zero-order chi connectivity index (χ0) is 61.5. The summed E-state index contributed by atoms with van der Waals surface area (Å²) in [5.41, 5.74) is 7.77. The lowest BCUT2D eigenvalue weighted by atomic mass is 9.88. The predicted molar refractivity (Wildman–Crippen MR) is 348 cm³/mol. The lowest BCUT2D eigenvalue weighted by Crippen LogP contribution is -2.37. The minimum Gasteiger partial charge on any atom is -0.445 e. The lowest BCUT2D eigenvalue weighted by Gasteiger charge is -2.34. The topological polar surface area (TPSA) is 210 Å². The average Bonchev–Trinajstić information content (AvgIpc) is 4.23. The molecule has 1 fully saturated rings. The maximum absolute atomic E-state index is 12.9. The number of anilines is 4. The van der Waals surface area contributed by atoms with E-state index in [2.05, 4.69) is 97.6 Å². The number of hydrogen-bond donors (Lipinski definition) is 6. The highest BCUT2D eigenvalue weighted by Gasteiger charge is 2.23. The second-order valence-corrected chi connectivity index (χ2v) is 24.4. The Kier molecular flexibility index (Phi) is 25.9. The van der Waals surface area contributed by atoms with Gasteiger partial charge in [0, 0.05) is 79.1 Å². The Morgan fingerprint density at radius 3 is 1.51 bits per heavy atom. The smallest absolute Gasteiger partial charge is 0.319 e. The van der Waals surface area contributed by atoms with Crippen LogP contribution in [-0.2, 0) is 22.7 Å². The van der Waals surface area contributed by atoms with Gasteiger partial charge in [-0.2, -0.15) is 0 Å². The van der Waals surface area contributed by atoms with Gasteiger partial charge in [0.1, 0.15) is 11.5 Å². The van der Waals surface area contributed by atoms with Gasteiger partial charge in [-0.05, 0) is 174 Å². The van der Waals surface area contributed by atoms with E-state index in [9.17, 15) is 19.2 Å². The van der Waals surface area contributed by atoms with Crippen molar-refractivity contribution < 1.29 is 38.1 Å². The van der Waals surface area contributed by atoms with Crippen molar-refractivity contribution in [2.45, 2.75) is 144 Å². The predicted octanol–water partition coefficient (Wildman–Crippen LogP) is 15.0. The molecular weight excluding hydrogens is 1120 g/mol. The Morgan fingerprint density at radius 1 is 0.616 bits per heavy atom. The molecule has 462 valence electrons. The number of aromatic nitrogens is 2. The highest BCUT2D eigenvalue weighted by molar-refractivity contribution is 7.17. The molecule has 86 heavy (non-hydrogen) atoms. The largest absolute Gasteiger partial charge is 0.445 e. The molecule has 0 radical (unpaired) electrons. The third-order valence-electron chi connectivity index (χ3n) is 15.4. The first-order valence-electron chi connectivity index (χ1n) is 30.2. The number of methoxy groups -OCH3 is 2. The zero-order valence-electron chi connectivity index (χ0n) is 51.7. The highest BCUT2D eigenvalue weighted by Crippen LogP contribution is 2.36. The number of thiazole rings is 2. The van der Waals surface area contributed by atoms with Crippen LogP contribution in [0.2, 0.25) is 0 Å². The van der Waals surface area contributed by atoms with Gasteiger partial charge in [0.15, 0.2) is 10.3 Å². The molecule has 0 atom stereocenters. The number of carbonyl (C=O) groups excluding carboxylic acids is 4. The van der Waals surface area contributed by atoms with Crippen LogP contribution in [0.15, 0.2) is 103 Å². The third-order valence-corrected chi connectivity index (χ3v) is 17.0. The molecule has 0 unspecified atom stereocenters. The van der Waals surface area contributed by atoms with Crippen LogP contribution >= 0.6 is 22.7 Å². The summed E-state index contributed by atoms with van der Waals surface area (Å²) in [5.74, 6) is 1.98. The molecule has 2 aliphatic rings. The molecule has 2 aliphatic heterocycles. The van der Waals surface area contributed by atoms with E-state index in [0.717, 1.165) is 100 Å². The third kappa shape index (κ3) is 20.2. The van der Waals surface area contributed by atoms with Crippen LogP contribution in [-0.4, -0.2) is 109 Å². The monoisotopic (exact) mass is 1210 g/mol. The zero-order valence-corrected chi connectivity index (χ0v) is 53.3. The summed E-state index contributed by atoms with van der Waals surface area (Å²) in [4.78, 5) is 64.3. The molecule has 4 aromatic carbocycles. The van der Waals surface area contributed by atoms with E-state index in [4.69, 9.17) is 18.9 Å². The minimum atomic E-state index is -0.247. The highest BCUT2D eigenvalue weighted by atomic mass is 32.1. The van der Waals surface area contributed by atoms with Crippen LogP contribution in [0, 0.1) is 5.92 Å². The van der Waals surface area contributed by atoms with Crippen molar-refractivity contribution in [3.8, 4) is 21.6 Å². The summed E-state index contributed by atoms with van der Waals surface area (Å²) >= 11 is 2.48. The van der Waals surface area contributed by atoms with Crippen LogP contribution in [0.3, 0.4) is 0 Å². The summed E-state index contributed by atoms with van der Waals surface area (Å²) in [6.07, 6.45) is 13.5. The van der Waals surface area contributed by atoms with Gasteiger partial charge < -0.3 is 45.1 Å². The Bertz CT molecular complexity index is 3150. The Balaban J connectivity index is 0.000000246. The van der Waals surface area contributed by atoms with Crippen molar-refractivity contribution in [2.24, 2.45) is 5.92 Å². The minimum absolute atomic E-state index is 0.127. The van der Waals surface area contributed by atoms with Gasteiger partial charge in [0.2, 0.25) is 10.1 Å². The fraction of sp³-hybridized carbons (Fsp3) is 0.455. The van der Waals surface area contributed by atoms with Gasteiger partial charge in [-0.25, -0.2) is 19.6 Å². The number of ether oxygens (including phenoxy) is 4. The molecule has 0 aliphatic carbocycles. The van der Waals surface area contributed by atoms with Crippen molar-refractivity contribution in [1.82, 2.24) is 30.4 Å². The number of piperidine rings is 1. The van der Waals surface area contributed by atoms with Gasteiger partial charge >= 0.3 is 12.1 Å². The first-order chi connectivity index (χ1) is 41.6. The number of nitrogens with one attached hydrogen (secondary N) is 6. The Labute approximate surface area is 516 Å². The van der Waals surface area contributed by atoms with Crippen LogP contribution in [0.5, 0.6) is 21.6 Å². The summed E-state index contributed by atoms with van der Waals surface area (Å²) in [5, 5.41) is 19.4. The number of carbonyl (C=O) groups is 4. The second-order valence-electron chi connectivity index (χ2n) is 22.4. The number of likely N-dealkylation sites (tertiary alicyclic amines) is 1. The SMILES string of the molecule is CCC(CC)NC(=O)Nc1ccc(Oc2cnc(NC(=O)c3ccc(C4=CCN(CCC(C)C)CC4)cc3)s2)c(COC)c1.CCC(CC)NC(=O)Nc1ccc(Oc2cnc(NC(=O)c3ccc(C4CCN(C(C)C)CC4)cc3)s2)c(COC)c1. The molecule has 6 aromatic rings. The van der Waals surface area contributed by atoms with Gasteiger partial charge in [-0.15, -0.1) is 0 Å². The standard InChI is InChI=1S/C34H45N5O4S.C32H43N5O4S/c1-6-28(7-2)36-33(41)37-29-12-13-30(27(20-29)22-42-5)43-31-21-35-34(44-31)38-32(40)26-10-8-24(9-11-26)25-15-18-39(19-16-25)17-14-23(3)4;1-6-26(7-2)34-31(39)35-27-12-13-28(25(18-27)20-40-5)41-29-19-33-32(42-29)36-30(38)24-10-8-22(9-11-24)23-14-16-37(17-15-23)21(3)4/h8-13,15,20-21,23,28H,6-7,14,16-19,22H2,1-5H3,(H,35,38,40)(H2,36,37,41);8-13,18-19,21,23,26H,6-7,14-17,20H2,1-5H3,(H,33,36,38)(H2,34,35,39). The summed E-state index contributed by atoms with van der Waals surface area (Å²) in [6.45, 7) is 23.2. The van der Waals surface area contributed by atoms with Crippen molar-refractivity contribution in [1.29, 1.82) is 0 Å². The number of urea groups is 2. The molecule has 18 nitrogen and oxygen atoms in total. The fourth-order valence-electron chi connectivity index (χ4n) is 10.1. The lowest BCUT2D eigenvalue weighted by molar-refractivity contribution is 0.101. The molecule has 6 N–H and O–H groups in total. The van der Waals surface area contributed by atoms with Gasteiger partial charge in [-0.1, -0.05) is 94.6 Å². The van der Waals surface area contributed by atoms with E-state index < -0.39 is 0 Å². The quantitative estimate of drug-likeness (QED) is 0.0300. The normalized spacial score (nSPS) is 13.9. The molecule has 1 saturated heterocycles. The Hall–Kier alpha value is -7.20. The van der Waals surface area contributed by atoms with Crippen molar-refractivity contribution in [3.05, 3.63) is 137 Å². The molecule has 8 rings (SSSR count). The molecule has 2 aromatic heterocycles. The van der Waals surface area contributed by atoms with E-state index >= 15 is 0 Å². The average molecular weight is 1210 g/mol. The molecule has 0 spiro atoms. The molecule has 6 amide bonds. The van der Waals surface area contributed by atoms with Crippen LogP contribution in [0.1, 0.15) is 156 Å². The molecule has 20 heteroatoms. The van der Waals surface area contributed by atoms with E-state index in [0.29, 0.717) is 79.6 Å². The fourth-order valence-corrected chi connectivity index (χ4v) is 11.5. The van der Waals surface area contributed by atoms with Gasteiger partial charge in [0.25, 0.3) is 11.8 Å². The van der Waals surface area contributed by atoms with E-state index in [1.807, 2.05) is 76.2 Å². The molecule has 0 saturated carbocycles. The van der Waals surface area contributed by atoms with Gasteiger partial charge in [0.05, 0.1) is 25.6 Å². The number of rotatable bonds is 26. The van der Waals surface area contributed by atoms with E-state index in [1.165, 1.54) is 40.2 Å². The maximum atomic E-state index is 12.9. The second kappa shape index (κ2) is 33.6.